The summed E-state index contributed by atoms with van der Waals surface area (Å²) in [5.74, 6) is 1.38. The number of hydrogen-bond donors (Lipinski definition) is 2. The van der Waals surface area contributed by atoms with Gasteiger partial charge < -0.3 is 14.5 Å². The van der Waals surface area contributed by atoms with Crippen molar-refractivity contribution in [3.05, 3.63) is 48.0 Å². The Balaban J connectivity index is 1.60. The number of fused-ring (bicyclic) bond motifs is 2. The second kappa shape index (κ2) is 4.52. The summed E-state index contributed by atoms with van der Waals surface area (Å²) in [6, 6.07) is 12.6. The molecule has 1 aromatic heterocycles. The van der Waals surface area contributed by atoms with Gasteiger partial charge in [0.25, 0.3) is 5.91 Å². The van der Waals surface area contributed by atoms with Gasteiger partial charge in [-0.25, -0.2) is 4.98 Å². The van der Waals surface area contributed by atoms with E-state index in [1.54, 1.807) is 18.2 Å². The molecule has 0 radical (unpaired) electrons. The summed E-state index contributed by atoms with van der Waals surface area (Å²) in [5.41, 5.74) is 2.16. The summed E-state index contributed by atoms with van der Waals surface area (Å²) in [6.07, 6.45) is 0. The standard InChI is InChI=1S/C15H11N3O3/c19-14(9-5-6-12-13(7-9)21-8-20-12)18-15-16-10-3-1-2-4-11(10)17-15/h1-7H,8H2,(H2,16,17,18,19). The van der Waals surface area contributed by atoms with Crippen LogP contribution in [0.3, 0.4) is 0 Å². The Labute approximate surface area is 119 Å². The van der Waals surface area contributed by atoms with E-state index in [-0.39, 0.29) is 12.7 Å². The van der Waals surface area contributed by atoms with Crippen LogP contribution in [0.2, 0.25) is 0 Å². The molecule has 0 aliphatic carbocycles. The Morgan fingerprint density at radius 1 is 1.14 bits per heavy atom. The number of carbonyl (C=O) groups is 1. The van der Waals surface area contributed by atoms with Crippen LogP contribution in [-0.4, -0.2) is 22.7 Å². The number of rotatable bonds is 2. The molecule has 1 aliphatic heterocycles. The molecule has 2 heterocycles. The number of amides is 1. The summed E-state index contributed by atoms with van der Waals surface area (Å²) in [7, 11) is 0. The smallest absolute Gasteiger partial charge is 0.258 e. The van der Waals surface area contributed by atoms with E-state index in [1.165, 1.54) is 0 Å². The molecular weight excluding hydrogens is 270 g/mol. The van der Waals surface area contributed by atoms with Gasteiger partial charge in [0.2, 0.25) is 12.7 Å². The summed E-state index contributed by atoms with van der Waals surface area (Å²) in [5, 5.41) is 2.74. The van der Waals surface area contributed by atoms with Crippen LogP contribution >= 0.6 is 0 Å². The Bertz CT molecular complexity index is 808. The number of aromatic nitrogens is 2. The number of nitrogens with one attached hydrogen (secondary N) is 2. The quantitative estimate of drug-likeness (QED) is 0.756. The molecule has 0 saturated heterocycles. The van der Waals surface area contributed by atoms with Crippen molar-refractivity contribution < 1.29 is 14.3 Å². The maximum Gasteiger partial charge on any atom is 0.258 e. The van der Waals surface area contributed by atoms with E-state index in [0.717, 1.165) is 11.0 Å². The maximum atomic E-state index is 12.2. The molecular formula is C15H11N3O3. The van der Waals surface area contributed by atoms with Gasteiger partial charge in [-0.1, -0.05) is 12.1 Å². The van der Waals surface area contributed by atoms with Gasteiger partial charge in [0.15, 0.2) is 11.5 Å². The van der Waals surface area contributed by atoms with Gasteiger partial charge in [-0.3, -0.25) is 10.1 Å². The third-order valence-electron chi connectivity index (χ3n) is 3.26. The molecule has 2 N–H and O–H groups in total. The maximum absolute atomic E-state index is 12.2. The van der Waals surface area contributed by atoms with Crippen molar-refractivity contribution in [3.8, 4) is 11.5 Å². The molecule has 0 saturated carbocycles. The fraction of sp³-hybridized carbons (Fsp3) is 0.0667. The van der Waals surface area contributed by atoms with Crippen LogP contribution in [0.25, 0.3) is 11.0 Å². The van der Waals surface area contributed by atoms with E-state index in [0.29, 0.717) is 23.0 Å². The minimum absolute atomic E-state index is 0.185. The van der Waals surface area contributed by atoms with Gasteiger partial charge in [0.1, 0.15) is 0 Å². The van der Waals surface area contributed by atoms with Crippen LogP contribution in [0, 0.1) is 0 Å². The summed E-state index contributed by atoms with van der Waals surface area (Å²) in [4.78, 5) is 19.6. The van der Waals surface area contributed by atoms with Crippen LogP contribution in [0.1, 0.15) is 10.4 Å². The molecule has 2 aromatic carbocycles. The van der Waals surface area contributed by atoms with Gasteiger partial charge in [0, 0.05) is 5.56 Å². The first-order chi connectivity index (χ1) is 10.3. The van der Waals surface area contributed by atoms with E-state index < -0.39 is 0 Å². The molecule has 104 valence electrons. The Hall–Kier alpha value is -3.02. The third-order valence-corrected chi connectivity index (χ3v) is 3.26. The second-order valence-corrected chi connectivity index (χ2v) is 4.62. The average molecular weight is 281 g/mol. The number of imidazole rings is 1. The van der Waals surface area contributed by atoms with E-state index >= 15 is 0 Å². The zero-order valence-electron chi connectivity index (χ0n) is 10.9. The normalized spacial score (nSPS) is 12.6. The summed E-state index contributed by atoms with van der Waals surface area (Å²) in [6.45, 7) is 0.185. The van der Waals surface area contributed by atoms with Crippen molar-refractivity contribution in [2.45, 2.75) is 0 Å². The van der Waals surface area contributed by atoms with Crippen LogP contribution in [0.5, 0.6) is 11.5 Å². The molecule has 0 unspecified atom stereocenters. The highest BCUT2D eigenvalue weighted by atomic mass is 16.7. The van der Waals surface area contributed by atoms with Gasteiger partial charge >= 0.3 is 0 Å². The highest BCUT2D eigenvalue weighted by Gasteiger charge is 2.16. The lowest BCUT2D eigenvalue weighted by Gasteiger charge is -2.03. The highest BCUT2D eigenvalue weighted by Crippen LogP contribution is 2.32. The van der Waals surface area contributed by atoms with Crippen LogP contribution in [0.15, 0.2) is 42.5 Å². The number of carbonyl (C=O) groups excluding carboxylic acids is 1. The molecule has 0 bridgehead atoms. The van der Waals surface area contributed by atoms with Gasteiger partial charge in [-0.2, -0.15) is 0 Å². The molecule has 6 heteroatoms. The molecule has 3 aromatic rings. The number of anilines is 1. The van der Waals surface area contributed by atoms with Crippen molar-refractivity contribution in [3.63, 3.8) is 0 Å². The fourth-order valence-corrected chi connectivity index (χ4v) is 2.23. The topological polar surface area (TPSA) is 76.2 Å². The zero-order valence-corrected chi connectivity index (χ0v) is 10.9. The molecule has 0 atom stereocenters. The van der Waals surface area contributed by atoms with Crippen molar-refractivity contribution in [2.75, 3.05) is 12.1 Å². The molecule has 21 heavy (non-hydrogen) atoms. The lowest BCUT2D eigenvalue weighted by atomic mass is 10.2. The second-order valence-electron chi connectivity index (χ2n) is 4.62. The molecule has 1 amide bonds. The van der Waals surface area contributed by atoms with Crippen molar-refractivity contribution in [1.82, 2.24) is 9.97 Å². The predicted octanol–water partition coefficient (Wildman–Crippen LogP) is 2.54. The first-order valence-corrected chi connectivity index (χ1v) is 6.45. The van der Waals surface area contributed by atoms with E-state index in [4.69, 9.17) is 9.47 Å². The Kier molecular flexibility index (Phi) is 2.53. The number of hydrogen-bond acceptors (Lipinski definition) is 4. The largest absolute Gasteiger partial charge is 0.454 e. The van der Waals surface area contributed by atoms with Crippen molar-refractivity contribution in [1.29, 1.82) is 0 Å². The molecule has 4 rings (SSSR count). The van der Waals surface area contributed by atoms with Gasteiger partial charge in [0.05, 0.1) is 11.0 Å². The first kappa shape index (κ1) is 11.8. The van der Waals surface area contributed by atoms with Crippen molar-refractivity contribution >= 4 is 22.9 Å². The van der Waals surface area contributed by atoms with E-state index in [9.17, 15) is 4.79 Å². The molecule has 0 fully saturated rings. The lowest BCUT2D eigenvalue weighted by molar-refractivity contribution is 0.102. The fourth-order valence-electron chi connectivity index (χ4n) is 2.23. The van der Waals surface area contributed by atoms with Crippen LogP contribution < -0.4 is 14.8 Å². The number of benzene rings is 2. The molecule has 1 aliphatic rings. The number of para-hydroxylation sites is 2. The minimum atomic E-state index is -0.257. The number of H-pyrrole nitrogens is 1. The van der Waals surface area contributed by atoms with Gasteiger partial charge in [-0.15, -0.1) is 0 Å². The van der Waals surface area contributed by atoms with Gasteiger partial charge in [-0.05, 0) is 30.3 Å². The Morgan fingerprint density at radius 3 is 2.90 bits per heavy atom. The highest BCUT2D eigenvalue weighted by molar-refractivity contribution is 6.04. The number of ether oxygens (including phenoxy) is 2. The van der Waals surface area contributed by atoms with Crippen LogP contribution in [-0.2, 0) is 0 Å². The zero-order chi connectivity index (χ0) is 14.2. The SMILES string of the molecule is O=C(Nc1nc2ccccc2[nH]1)c1ccc2c(c1)OCO2. The van der Waals surface area contributed by atoms with Crippen LogP contribution in [0.4, 0.5) is 5.95 Å². The molecule has 0 spiro atoms. The first-order valence-electron chi connectivity index (χ1n) is 6.45. The predicted molar refractivity (Wildman–Crippen MR) is 76.6 cm³/mol. The van der Waals surface area contributed by atoms with Crippen molar-refractivity contribution in [2.24, 2.45) is 0 Å². The Morgan fingerprint density at radius 2 is 2.00 bits per heavy atom. The monoisotopic (exact) mass is 281 g/mol. The third kappa shape index (κ3) is 2.06. The summed E-state index contributed by atoms with van der Waals surface area (Å²) >= 11 is 0. The molecule has 6 nitrogen and oxygen atoms in total. The number of nitrogens with zero attached hydrogens (tertiary/aromatic N) is 1. The van der Waals surface area contributed by atoms with E-state index in [2.05, 4.69) is 15.3 Å². The number of aromatic amines is 1. The van der Waals surface area contributed by atoms with E-state index in [1.807, 2.05) is 24.3 Å². The minimum Gasteiger partial charge on any atom is -0.454 e. The summed E-state index contributed by atoms with van der Waals surface area (Å²) < 4.78 is 10.5. The average Bonchev–Trinajstić information content (AvgIpc) is 3.11. The lowest BCUT2D eigenvalue weighted by Crippen LogP contribution is -2.12.